The van der Waals surface area contributed by atoms with Gasteiger partial charge in [-0.3, -0.25) is 9.69 Å². The minimum absolute atomic E-state index is 0.0124. The quantitative estimate of drug-likeness (QED) is 0.846. The monoisotopic (exact) mass is 319 g/mol. The number of esters is 1. The van der Waals surface area contributed by atoms with Gasteiger partial charge in [-0.1, -0.05) is 12.8 Å². The van der Waals surface area contributed by atoms with Gasteiger partial charge in [-0.25, -0.2) is 4.98 Å². The zero-order chi connectivity index (χ0) is 16.1. The minimum atomic E-state index is 0.0124. The van der Waals surface area contributed by atoms with E-state index < -0.39 is 0 Å². The second kappa shape index (κ2) is 7.95. The highest BCUT2D eigenvalue weighted by molar-refractivity contribution is 5.72. The average molecular weight is 319 g/mol. The third-order valence-electron chi connectivity index (χ3n) is 5.34. The number of likely N-dealkylation sites (tertiary alicyclic amines) is 1. The lowest BCUT2D eigenvalue weighted by molar-refractivity contribution is -0.149. The van der Waals surface area contributed by atoms with Gasteiger partial charge in [-0.15, -0.1) is 0 Å². The summed E-state index contributed by atoms with van der Waals surface area (Å²) in [4.78, 5) is 22.4. The Kier molecular flexibility index (Phi) is 5.70. The molecule has 128 valence electrons. The van der Waals surface area contributed by atoms with Gasteiger partial charge in [0.25, 0.3) is 0 Å². The number of piperidine rings is 1. The third-order valence-corrected chi connectivity index (χ3v) is 5.34. The molecule has 1 aromatic heterocycles. The van der Waals surface area contributed by atoms with Gasteiger partial charge < -0.3 is 9.72 Å². The highest BCUT2D eigenvalue weighted by Gasteiger charge is 2.32. The number of carbonyl (C=O) groups is 1. The van der Waals surface area contributed by atoms with Crippen LogP contribution in [-0.2, 0) is 9.53 Å². The van der Waals surface area contributed by atoms with Crippen molar-refractivity contribution < 1.29 is 9.53 Å². The van der Waals surface area contributed by atoms with Crippen molar-refractivity contribution in [1.29, 1.82) is 0 Å². The zero-order valence-electron chi connectivity index (χ0n) is 14.2. The topological polar surface area (TPSA) is 58.2 Å². The molecule has 0 spiro atoms. The van der Waals surface area contributed by atoms with Crippen LogP contribution in [0.3, 0.4) is 0 Å². The zero-order valence-corrected chi connectivity index (χ0v) is 14.2. The fraction of sp³-hybridized carbons (Fsp3) is 0.778. The number of ether oxygens (including phenoxy) is 1. The van der Waals surface area contributed by atoms with Gasteiger partial charge in [0.1, 0.15) is 5.82 Å². The second-order valence-corrected chi connectivity index (χ2v) is 6.96. The standard InChI is InChI=1S/C18H29N3O2/c1-2-23-18(22)15-7-5-6-14(12-15)13-21-11-4-3-8-16(21)17-19-9-10-20-17/h9-10,14-16H,2-8,11-13H2,1H3,(H,19,20). The first-order chi connectivity index (χ1) is 11.3. The summed E-state index contributed by atoms with van der Waals surface area (Å²) in [6.07, 6.45) is 11.9. The fourth-order valence-corrected chi connectivity index (χ4v) is 4.24. The van der Waals surface area contributed by atoms with Crippen molar-refractivity contribution in [1.82, 2.24) is 14.9 Å². The van der Waals surface area contributed by atoms with E-state index >= 15 is 0 Å². The van der Waals surface area contributed by atoms with E-state index in [1.807, 2.05) is 19.3 Å². The van der Waals surface area contributed by atoms with E-state index in [-0.39, 0.29) is 11.9 Å². The van der Waals surface area contributed by atoms with Gasteiger partial charge in [-0.05, 0) is 51.5 Å². The van der Waals surface area contributed by atoms with E-state index in [9.17, 15) is 4.79 Å². The van der Waals surface area contributed by atoms with E-state index in [0.29, 0.717) is 18.6 Å². The van der Waals surface area contributed by atoms with E-state index in [2.05, 4.69) is 14.9 Å². The highest BCUT2D eigenvalue weighted by Crippen LogP contribution is 2.35. The Labute approximate surface area is 138 Å². The van der Waals surface area contributed by atoms with Crippen molar-refractivity contribution in [2.45, 2.75) is 57.9 Å². The average Bonchev–Trinajstić information content (AvgIpc) is 3.10. The summed E-state index contributed by atoms with van der Waals surface area (Å²) < 4.78 is 5.23. The maximum absolute atomic E-state index is 12.0. The van der Waals surface area contributed by atoms with Crippen LogP contribution in [0.15, 0.2) is 12.4 Å². The fourth-order valence-electron chi connectivity index (χ4n) is 4.24. The van der Waals surface area contributed by atoms with Gasteiger partial charge in [-0.2, -0.15) is 0 Å². The molecule has 0 aromatic carbocycles. The van der Waals surface area contributed by atoms with Gasteiger partial charge in [0, 0.05) is 18.9 Å². The van der Waals surface area contributed by atoms with Crippen LogP contribution in [-0.4, -0.2) is 40.5 Å². The van der Waals surface area contributed by atoms with Crippen LogP contribution in [0.4, 0.5) is 0 Å². The molecule has 1 N–H and O–H groups in total. The number of carbonyl (C=O) groups excluding carboxylic acids is 1. The first-order valence-corrected chi connectivity index (χ1v) is 9.18. The summed E-state index contributed by atoms with van der Waals surface area (Å²) in [6, 6.07) is 0.418. The second-order valence-electron chi connectivity index (χ2n) is 6.96. The highest BCUT2D eigenvalue weighted by atomic mass is 16.5. The molecule has 5 heteroatoms. The van der Waals surface area contributed by atoms with Gasteiger partial charge in [0.2, 0.25) is 0 Å². The van der Waals surface area contributed by atoms with E-state index in [4.69, 9.17) is 4.74 Å². The number of hydrogen-bond acceptors (Lipinski definition) is 4. The molecule has 2 fully saturated rings. The molecule has 1 saturated carbocycles. The summed E-state index contributed by atoms with van der Waals surface area (Å²) in [5, 5.41) is 0. The van der Waals surface area contributed by atoms with Crippen LogP contribution in [0.5, 0.6) is 0 Å². The molecule has 1 aromatic rings. The van der Waals surface area contributed by atoms with Crippen LogP contribution in [0.25, 0.3) is 0 Å². The molecule has 2 heterocycles. The molecule has 3 unspecified atom stereocenters. The van der Waals surface area contributed by atoms with Crippen molar-refractivity contribution in [2.75, 3.05) is 19.7 Å². The smallest absolute Gasteiger partial charge is 0.308 e. The summed E-state index contributed by atoms with van der Waals surface area (Å²) in [6.45, 7) is 4.61. The summed E-state index contributed by atoms with van der Waals surface area (Å²) >= 11 is 0. The maximum atomic E-state index is 12.0. The Hall–Kier alpha value is -1.36. The number of aromatic amines is 1. The number of imidazole rings is 1. The van der Waals surface area contributed by atoms with E-state index in [1.54, 1.807) is 0 Å². The number of rotatable bonds is 5. The minimum Gasteiger partial charge on any atom is -0.466 e. The molecule has 0 amide bonds. The first-order valence-electron chi connectivity index (χ1n) is 9.18. The van der Waals surface area contributed by atoms with Gasteiger partial charge in [0.05, 0.1) is 18.6 Å². The summed E-state index contributed by atoms with van der Waals surface area (Å²) in [7, 11) is 0. The molecule has 3 atom stereocenters. The van der Waals surface area contributed by atoms with E-state index in [0.717, 1.165) is 38.2 Å². The molecule has 3 rings (SSSR count). The predicted molar refractivity (Wildman–Crippen MR) is 88.8 cm³/mol. The summed E-state index contributed by atoms with van der Waals surface area (Å²) in [5.74, 6) is 1.83. The molecule has 0 bridgehead atoms. The molecule has 0 radical (unpaired) electrons. The van der Waals surface area contributed by atoms with Crippen molar-refractivity contribution in [3.8, 4) is 0 Å². The Morgan fingerprint density at radius 2 is 2.26 bits per heavy atom. The van der Waals surface area contributed by atoms with Crippen molar-refractivity contribution >= 4 is 5.97 Å². The molecule has 1 saturated heterocycles. The Balaban J connectivity index is 1.59. The summed E-state index contributed by atoms with van der Waals surface area (Å²) in [5.41, 5.74) is 0. The third kappa shape index (κ3) is 4.14. The lowest BCUT2D eigenvalue weighted by Crippen LogP contribution is -2.39. The first kappa shape index (κ1) is 16.5. The van der Waals surface area contributed by atoms with E-state index in [1.165, 1.54) is 25.7 Å². The van der Waals surface area contributed by atoms with Crippen LogP contribution < -0.4 is 0 Å². The largest absolute Gasteiger partial charge is 0.466 e. The lowest BCUT2D eigenvalue weighted by atomic mass is 9.80. The molecular weight excluding hydrogens is 290 g/mol. The number of nitrogens with zero attached hydrogens (tertiary/aromatic N) is 2. The Morgan fingerprint density at radius 1 is 1.35 bits per heavy atom. The molecule has 23 heavy (non-hydrogen) atoms. The SMILES string of the molecule is CCOC(=O)C1CCCC(CN2CCCCC2c2ncc[nH]2)C1. The number of nitrogens with one attached hydrogen (secondary N) is 1. The van der Waals surface area contributed by atoms with Crippen molar-refractivity contribution in [3.63, 3.8) is 0 Å². The lowest BCUT2D eigenvalue weighted by Gasteiger charge is -2.38. The number of H-pyrrole nitrogens is 1. The number of aromatic nitrogens is 2. The van der Waals surface area contributed by atoms with Crippen LogP contribution in [0.1, 0.15) is 63.7 Å². The Bertz CT molecular complexity index is 488. The van der Waals surface area contributed by atoms with Crippen molar-refractivity contribution in [3.05, 3.63) is 18.2 Å². The normalized spacial score (nSPS) is 29.3. The predicted octanol–water partition coefficient (Wildman–Crippen LogP) is 3.31. The van der Waals surface area contributed by atoms with Crippen LogP contribution in [0, 0.1) is 11.8 Å². The number of hydrogen-bond donors (Lipinski definition) is 1. The van der Waals surface area contributed by atoms with Crippen molar-refractivity contribution in [2.24, 2.45) is 11.8 Å². The molecular formula is C18H29N3O2. The Morgan fingerprint density at radius 3 is 3.04 bits per heavy atom. The molecule has 1 aliphatic carbocycles. The van der Waals surface area contributed by atoms with Crippen LogP contribution in [0.2, 0.25) is 0 Å². The molecule has 1 aliphatic heterocycles. The van der Waals surface area contributed by atoms with Crippen LogP contribution >= 0.6 is 0 Å². The van der Waals surface area contributed by atoms with Gasteiger partial charge in [0.15, 0.2) is 0 Å². The molecule has 5 nitrogen and oxygen atoms in total. The molecule has 2 aliphatic rings. The maximum Gasteiger partial charge on any atom is 0.308 e. The van der Waals surface area contributed by atoms with Gasteiger partial charge >= 0.3 is 5.97 Å².